The van der Waals surface area contributed by atoms with Crippen molar-refractivity contribution in [1.29, 1.82) is 0 Å². The third-order valence-electron chi connectivity index (χ3n) is 2.92. The van der Waals surface area contributed by atoms with Crippen LogP contribution in [0.3, 0.4) is 0 Å². The molecule has 0 saturated heterocycles. The molecular weight excluding hydrogens is 240 g/mol. The number of anilines is 1. The fraction of sp³-hybridized carbons (Fsp3) is 0.286. The number of rotatable bonds is 4. The number of nitrogen functional groups attached to an aromatic ring is 1. The minimum atomic E-state index is -0.0643. The van der Waals surface area contributed by atoms with E-state index >= 15 is 0 Å². The predicted molar refractivity (Wildman–Crippen MR) is 74.5 cm³/mol. The van der Waals surface area contributed by atoms with Gasteiger partial charge in [0.05, 0.1) is 6.33 Å². The van der Waals surface area contributed by atoms with Crippen LogP contribution in [0.15, 0.2) is 36.8 Å². The number of benzene rings is 1. The van der Waals surface area contributed by atoms with Crippen molar-refractivity contribution in [2.45, 2.75) is 13.5 Å². The van der Waals surface area contributed by atoms with E-state index in [-0.39, 0.29) is 5.91 Å². The zero-order valence-corrected chi connectivity index (χ0v) is 11.2. The standard InChI is InChI=1S/C14H18N4O/c1-3-18(8-11-5-4-6-12(15)7-11)14(19)13-9-17(2)10-16-13/h4-7,9-10H,3,8,15H2,1-2H3. The first-order valence-electron chi connectivity index (χ1n) is 6.21. The molecule has 0 fully saturated rings. The average molecular weight is 258 g/mol. The molecule has 19 heavy (non-hydrogen) atoms. The van der Waals surface area contributed by atoms with Crippen LogP contribution in [0.25, 0.3) is 0 Å². The molecule has 100 valence electrons. The summed E-state index contributed by atoms with van der Waals surface area (Å²) in [6, 6.07) is 7.57. The van der Waals surface area contributed by atoms with E-state index in [0.717, 1.165) is 5.56 Å². The van der Waals surface area contributed by atoms with Gasteiger partial charge < -0.3 is 15.2 Å². The molecule has 5 heteroatoms. The summed E-state index contributed by atoms with van der Waals surface area (Å²) in [5, 5.41) is 0. The second-order valence-electron chi connectivity index (χ2n) is 4.49. The fourth-order valence-electron chi connectivity index (χ4n) is 1.92. The van der Waals surface area contributed by atoms with Crippen LogP contribution >= 0.6 is 0 Å². The molecule has 5 nitrogen and oxygen atoms in total. The van der Waals surface area contributed by atoms with Crippen molar-refractivity contribution < 1.29 is 4.79 Å². The van der Waals surface area contributed by atoms with Crippen LogP contribution < -0.4 is 5.73 Å². The molecule has 1 heterocycles. The summed E-state index contributed by atoms with van der Waals surface area (Å²) in [7, 11) is 1.85. The largest absolute Gasteiger partial charge is 0.399 e. The Morgan fingerprint density at radius 3 is 2.84 bits per heavy atom. The lowest BCUT2D eigenvalue weighted by atomic mass is 10.2. The van der Waals surface area contributed by atoms with Gasteiger partial charge in [0.2, 0.25) is 0 Å². The highest BCUT2D eigenvalue weighted by Gasteiger charge is 2.16. The van der Waals surface area contributed by atoms with Crippen molar-refractivity contribution in [1.82, 2.24) is 14.5 Å². The number of carbonyl (C=O) groups excluding carboxylic acids is 1. The van der Waals surface area contributed by atoms with E-state index in [4.69, 9.17) is 5.73 Å². The number of hydrogen-bond donors (Lipinski definition) is 1. The summed E-state index contributed by atoms with van der Waals surface area (Å²) in [5.41, 5.74) is 7.94. The molecule has 2 aromatic rings. The SMILES string of the molecule is CCN(Cc1cccc(N)c1)C(=O)c1cn(C)cn1. The Morgan fingerprint density at radius 2 is 2.26 bits per heavy atom. The zero-order chi connectivity index (χ0) is 13.8. The van der Waals surface area contributed by atoms with E-state index in [9.17, 15) is 4.79 Å². The van der Waals surface area contributed by atoms with Crippen LogP contribution in [0.1, 0.15) is 23.0 Å². The Bertz CT molecular complexity index is 576. The average Bonchev–Trinajstić information content (AvgIpc) is 2.82. The maximum Gasteiger partial charge on any atom is 0.274 e. The number of amides is 1. The number of aromatic nitrogens is 2. The molecule has 0 bridgehead atoms. The number of imidazole rings is 1. The van der Waals surface area contributed by atoms with Gasteiger partial charge >= 0.3 is 0 Å². The third kappa shape index (κ3) is 3.13. The van der Waals surface area contributed by atoms with Gasteiger partial charge in [0.15, 0.2) is 0 Å². The minimum Gasteiger partial charge on any atom is -0.399 e. The molecule has 1 amide bonds. The smallest absolute Gasteiger partial charge is 0.274 e. The molecule has 1 aromatic heterocycles. The van der Waals surface area contributed by atoms with Crippen LogP contribution in [0.4, 0.5) is 5.69 Å². The Balaban J connectivity index is 2.14. The number of nitrogens with two attached hydrogens (primary N) is 1. The normalized spacial score (nSPS) is 10.4. The Morgan fingerprint density at radius 1 is 1.47 bits per heavy atom. The molecule has 0 saturated carbocycles. The summed E-state index contributed by atoms with van der Waals surface area (Å²) in [4.78, 5) is 18.1. The first-order valence-corrected chi connectivity index (χ1v) is 6.21. The van der Waals surface area contributed by atoms with Crippen LogP contribution in [-0.4, -0.2) is 26.9 Å². The van der Waals surface area contributed by atoms with Crippen LogP contribution in [0, 0.1) is 0 Å². The monoisotopic (exact) mass is 258 g/mol. The number of carbonyl (C=O) groups is 1. The second-order valence-corrected chi connectivity index (χ2v) is 4.49. The molecular formula is C14H18N4O. The van der Waals surface area contributed by atoms with Crippen molar-refractivity contribution in [2.24, 2.45) is 7.05 Å². The molecule has 1 aromatic carbocycles. The molecule has 0 spiro atoms. The number of hydrogen-bond acceptors (Lipinski definition) is 3. The summed E-state index contributed by atoms with van der Waals surface area (Å²) in [6.45, 7) is 3.12. The highest BCUT2D eigenvalue weighted by molar-refractivity contribution is 5.92. The molecule has 0 aliphatic heterocycles. The Kier molecular flexibility index (Phi) is 3.85. The highest BCUT2D eigenvalue weighted by Crippen LogP contribution is 2.11. The van der Waals surface area contributed by atoms with Gasteiger partial charge in [-0.15, -0.1) is 0 Å². The van der Waals surface area contributed by atoms with E-state index in [1.165, 1.54) is 0 Å². The van der Waals surface area contributed by atoms with E-state index in [2.05, 4.69) is 4.98 Å². The van der Waals surface area contributed by atoms with E-state index in [0.29, 0.717) is 24.5 Å². The lowest BCUT2D eigenvalue weighted by Gasteiger charge is -2.20. The summed E-state index contributed by atoms with van der Waals surface area (Å²) < 4.78 is 1.77. The fourth-order valence-corrected chi connectivity index (χ4v) is 1.92. The third-order valence-corrected chi connectivity index (χ3v) is 2.92. The van der Waals surface area contributed by atoms with Crippen LogP contribution in [0.5, 0.6) is 0 Å². The van der Waals surface area contributed by atoms with E-state index in [1.807, 2.05) is 38.2 Å². The van der Waals surface area contributed by atoms with E-state index < -0.39 is 0 Å². The van der Waals surface area contributed by atoms with Gasteiger partial charge in [-0.05, 0) is 24.6 Å². The Labute approximate surface area is 112 Å². The maximum absolute atomic E-state index is 12.3. The molecule has 0 unspecified atom stereocenters. The van der Waals surface area contributed by atoms with Crippen molar-refractivity contribution in [2.75, 3.05) is 12.3 Å². The number of nitrogens with zero attached hydrogens (tertiary/aromatic N) is 3. The molecule has 0 aliphatic rings. The molecule has 0 atom stereocenters. The molecule has 0 radical (unpaired) electrons. The van der Waals surface area contributed by atoms with Gasteiger partial charge in [-0.25, -0.2) is 4.98 Å². The van der Waals surface area contributed by atoms with Gasteiger partial charge in [0.1, 0.15) is 5.69 Å². The summed E-state index contributed by atoms with van der Waals surface area (Å²) in [6.07, 6.45) is 3.35. The van der Waals surface area contributed by atoms with Gasteiger partial charge in [0, 0.05) is 32.0 Å². The summed E-state index contributed by atoms with van der Waals surface area (Å²) in [5.74, 6) is -0.0643. The quantitative estimate of drug-likeness (QED) is 0.848. The first kappa shape index (κ1) is 13.1. The Hall–Kier alpha value is -2.30. The van der Waals surface area contributed by atoms with Gasteiger partial charge in [-0.1, -0.05) is 12.1 Å². The lowest BCUT2D eigenvalue weighted by Crippen LogP contribution is -2.30. The molecule has 2 rings (SSSR count). The van der Waals surface area contributed by atoms with Crippen molar-refractivity contribution in [3.63, 3.8) is 0 Å². The van der Waals surface area contributed by atoms with Gasteiger partial charge in [0.25, 0.3) is 5.91 Å². The zero-order valence-electron chi connectivity index (χ0n) is 11.2. The maximum atomic E-state index is 12.3. The van der Waals surface area contributed by atoms with E-state index in [1.54, 1.807) is 22.0 Å². The van der Waals surface area contributed by atoms with Crippen molar-refractivity contribution in [3.05, 3.63) is 48.0 Å². The minimum absolute atomic E-state index is 0.0643. The highest BCUT2D eigenvalue weighted by atomic mass is 16.2. The predicted octanol–water partition coefficient (Wildman–Crippen LogP) is 1.66. The number of aryl methyl sites for hydroxylation is 1. The first-order chi connectivity index (χ1) is 9.10. The lowest BCUT2D eigenvalue weighted by molar-refractivity contribution is 0.0747. The molecule has 0 aliphatic carbocycles. The van der Waals surface area contributed by atoms with Crippen LogP contribution in [0.2, 0.25) is 0 Å². The van der Waals surface area contributed by atoms with Crippen molar-refractivity contribution >= 4 is 11.6 Å². The van der Waals surface area contributed by atoms with Crippen LogP contribution in [-0.2, 0) is 13.6 Å². The van der Waals surface area contributed by atoms with Gasteiger partial charge in [-0.3, -0.25) is 4.79 Å². The topological polar surface area (TPSA) is 64.2 Å². The molecule has 2 N–H and O–H groups in total. The second kappa shape index (κ2) is 5.56. The van der Waals surface area contributed by atoms with Gasteiger partial charge in [-0.2, -0.15) is 0 Å². The summed E-state index contributed by atoms with van der Waals surface area (Å²) >= 11 is 0. The van der Waals surface area contributed by atoms with Crippen molar-refractivity contribution in [3.8, 4) is 0 Å².